The summed E-state index contributed by atoms with van der Waals surface area (Å²) in [6, 6.07) is 11.1. The van der Waals surface area contributed by atoms with Crippen molar-refractivity contribution in [2.75, 3.05) is 26.2 Å². The number of amides is 2. The Balaban J connectivity index is 0.00000280. The summed E-state index contributed by atoms with van der Waals surface area (Å²) in [6.07, 6.45) is 0. The molecule has 1 aliphatic heterocycles. The van der Waals surface area contributed by atoms with Gasteiger partial charge < -0.3 is 20.0 Å². The standard InChI is InChI=1S/C21H27N3O3.ClH/c1-14-13-18(16(3)27-14)21(26)24-11-9-23(10-12-24)20(25)15(2)19(22)17-7-5-4-6-8-17;/h4-8,13,15,19H,9-12,22H2,1-3H3;1H. The predicted molar refractivity (Wildman–Crippen MR) is 110 cm³/mol. The third-order valence-corrected chi connectivity index (χ3v) is 5.26. The molecule has 0 spiro atoms. The molecule has 2 aromatic rings. The highest BCUT2D eigenvalue weighted by Crippen LogP contribution is 2.22. The largest absolute Gasteiger partial charge is 0.466 e. The number of rotatable bonds is 4. The molecule has 7 heteroatoms. The summed E-state index contributed by atoms with van der Waals surface area (Å²) in [4.78, 5) is 29.1. The Bertz CT molecular complexity index is 814. The van der Waals surface area contributed by atoms with Crippen LogP contribution in [-0.2, 0) is 4.79 Å². The molecule has 1 saturated heterocycles. The number of nitrogens with zero attached hydrogens (tertiary/aromatic N) is 2. The van der Waals surface area contributed by atoms with E-state index in [1.165, 1.54) is 0 Å². The molecule has 152 valence electrons. The zero-order valence-electron chi connectivity index (χ0n) is 16.6. The Hall–Kier alpha value is -2.31. The van der Waals surface area contributed by atoms with Gasteiger partial charge in [0.2, 0.25) is 5.91 Å². The third kappa shape index (κ3) is 4.56. The van der Waals surface area contributed by atoms with Gasteiger partial charge in [0.15, 0.2) is 0 Å². The Labute approximate surface area is 172 Å². The maximum absolute atomic E-state index is 12.8. The number of nitrogens with two attached hydrogens (primary N) is 1. The molecule has 1 aromatic carbocycles. The second-order valence-electron chi connectivity index (χ2n) is 7.17. The first kappa shape index (κ1) is 22.0. The Morgan fingerprint density at radius 2 is 1.61 bits per heavy atom. The van der Waals surface area contributed by atoms with E-state index < -0.39 is 0 Å². The third-order valence-electron chi connectivity index (χ3n) is 5.26. The van der Waals surface area contributed by atoms with E-state index in [-0.39, 0.29) is 36.2 Å². The lowest BCUT2D eigenvalue weighted by atomic mass is 9.94. The summed E-state index contributed by atoms with van der Waals surface area (Å²) in [5, 5.41) is 0. The fourth-order valence-corrected chi connectivity index (χ4v) is 3.55. The second kappa shape index (κ2) is 9.26. The normalized spacial score (nSPS) is 16.3. The molecule has 28 heavy (non-hydrogen) atoms. The number of carbonyl (C=O) groups excluding carboxylic acids is 2. The molecule has 3 rings (SSSR count). The number of piperazine rings is 1. The van der Waals surface area contributed by atoms with E-state index in [1.807, 2.05) is 49.1 Å². The number of carbonyl (C=O) groups is 2. The molecule has 0 saturated carbocycles. The van der Waals surface area contributed by atoms with Crippen LogP contribution in [0.1, 0.15) is 40.4 Å². The van der Waals surface area contributed by atoms with Crippen LogP contribution in [0.2, 0.25) is 0 Å². The van der Waals surface area contributed by atoms with E-state index in [9.17, 15) is 9.59 Å². The first-order chi connectivity index (χ1) is 12.9. The highest BCUT2D eigenvalue weighted by atomic mass is 35.5. The molecule has 2 heterocycles. The van der Waals surface area contributed by atoms with Crippen LogP contribution in [0.4, 0.5) is 0 Å². The van der Waals surface area contributed by atoms with Crippen molar-refractivity contribution in [2.45, 2.75) is 26.8 Å². The summed E-state index contributed by atoms with van der Waals surface area (Å²) in [6.45, 7) is 7.57. The van der Waals surface area contributed by atoms with Crippen LogP contribution in [0.5, 0.6) is 0 Å². The van der Waals surface area contributed by atoms with Crippen molar-refractivity contribution < 1.29 is 14.0 Å². The Morgan fingerprint density at radius 1 is 1.04 bits per heavy atom. The smallest absolute Gasteiger partial charge is 0.257 e. The highest BCUT2D eigenvalue weighted by molar-refractivity contribution is 5.95. The lowest BCUT2D eigenvalue weighted by molar-refractivity contribution is -0.137. The van der Waals surface area contributed by atoms with Crippen molar-refractivity contribution >= 4 is 24.2 Å². The average molecular weight is 406 g/mol. The number of benzene rings is 1. The zero-order chi connectivity index (χ0) is 19.6. The van der Waals surface area contributed by atoms with Gasteiger partial charge >= 0.3 is 0 Å². The van der Waals surface area contributed by atoms with Crippen molar-refractivity contribution in [3.63, 3.8) is 0 Å². The van der Waals surface area contributed by atoms with Crippen molar-refractivity contribution in [2.24, 2.45) is 11.7 Å². The molecular weight excluding hydrogens is 378 g/mol. The summed E-state index contributed by atoms with van der Waals surface area (Å²) < 4.78 is 5.46. The van der Waals surface area contributed by atoms with Gasteiger partial charge in [-0.15, -0.1) is 12.4 Å². The van der Waals surface area contributed by atoms with Crippen LogP contribution in [0.25, 0.3) is 0 Å². The summed E-state index contributed by atoms with van der Waals surface area (Å²) >= 11 is 0. The molecule has 2 N–H and O–H groups in total. The van der Waals surface area contributed by atoms with Crippen LogP contribution in [0.15, 0.2) is 40.8 Å². The second-order valence-corrected chi connectivity index (χ2v) is 7.17. The molecule has 1 fully saturated rings. The minimum Gasteiger partial charge on any atom is -0.466 e. The van der Waals surface area contributed by atoms with Gasteiger partial charge in [-0.25, -0.2) is 0 Å². The molecular formula is C21H28ClN3O3. The molecule has 6 nitrogen and oxygen atoms in total. The number of hydrogen-bond donors (Lipinski definition) is 1. The van der Waals surface area contributed by atoms with Crippen LogP contribution >= 0.6 is 12.4 Å². The summed E-state index contributed by atoms with van der Waals surface area (Å²) in [5.41, 5.74) is 7.85. The van der Waals surface area contributed by atoms with Gasteiger partial charge in [-0.1, -0.05) is 37.3 Å². The molecule has 0 bridgehead atoms. The predicted octanol–water partition coefficient (Wildman–Crippen LogP) is 2.94. The minimum atomic E-state index is -0.338. The van der Waals surface area contributed by atoms with E-state index in [4.69, 9.17) is 10.2 Å². The first-order valence-corrected chi connectivity index (χ1v) is 9.34. The maximum Gasteiger partial charge on any atom is 0.257 e. The van der Waals surface area contributed by atoms with Gasteiger partial charge in [0.25, 0.3) is 5.91 Å². The zero-order valence-corrected chi connectivity index (χ0v) is 17.4. The molecule has 0 radical (unpaired) electrons. The molecule has 1 aliphatic rings. The van der Waals surface area contributed by atoms with Crippen LogP contribution in [0.3, 0.4) is 0 Å². The molecule has 0 aliphatic carbocycles. The van der Waals surface area contributed by atoms with Crippen LogP contribution < -0.4 is 5.73 Å². The van der Waals surface area contributed by atoms with Gasteiger partial charge in [0.1, 0.15) is 11.5 Å². The fraction of sp³-hybridized carbons (Fsp3) is 0.429. The number of halogens is 1. The van der Waals surface area contributed by atoms with Gasteiger partial charge in [0.05, 0.1) is 11.5 Å². The lowest BCUT2D eigenvalue weighted by Crippen LogP contribution is -2.52. The van der Waals surface area contributed by atoms with Gasteiger partial charge in [-0.3, -0.25) is 9.59 Å². The summed E-state index contributed by atoms with van der Waals surface area (Å²) in [5.74, 6) is 1.06. The van der Waals surface area contributed by atoms with Crippen molar-refractivity contribution in [3.8, 4) is 0 Å². The average Bonchev–Trinajstić information content (AvgIpc) is 3.04. The molecule has 2 unspecified atom stereocenters. The van der Waals surface area contributed by atoms with E-state index in [1.54, 1.807) is 17.9 Å². The van der Waals surface area contributed by atoms with E-state index >= 15 is 0 Å². The van der Waals surface area contributed by atoms with E-state index in [2.05, 4.69) is 0 Å². The molecule has 2 atom stereocenters. The minimum absolute atomic E-state index is 0. The topological polar surface area (TPSA) is 79.8 Å². The fourth-order valence-electron chi connectivity index (χ4n) is 3.55. The van der Waals surface area contributed by atoms with E-state index in [0.29, 0.717) is 37.5 Å². The van der Waals surface area contributed by atoms with E-state index in [0.717, 1.165) is 11.3 Å². The molecule has 2 amide bonds. The number of furan rings is 1. The van der Waals surface area contributed by atoms with Gasteiger partial charge in [-0.2, -0.15) is 0 Å². The quantitative estimate of drug-likeness (QED) is 0.848. The first-order valence-electron chi connectivity index (χ1n) is 9.34. The van der Waals surface area contributed by atoms with Crippen LogP contribution in [-0.4, -0.2) is 47.8 Å². The van der Waals surface area contributed by atoms with Crippen molar-refractivity contribution in [1.82, 2.24) is 9.80 Å². The van der Waals surface area contributed by atoms with Crippen molar-refractivity contribution in [1.29, 1.82) is 0 Å². The van der Waals surface area contributed by atoms with Gasteiger partial charge in [0, 0.05) is 32.2 Å². The lowest BCUT2D eigenvalue weighted by Gasteiger charge is -2.36. The highest BCUT2D eigenvalue weighted by Gasteiger charge is 2.31. The van der Waals surface area contributed by atoms with Gasteiger partial charge in [-0.05, 0) is 25.5 Å². The number of aryl methyl sites for hydroxylation is 2. The SMILES string of the molecule is Cc1cc(C(=O)N2CCN(C(=O)C(C)C(N)c3ccccc3)CC2)c(C)o1.Cl. The number of hydrogen-bond acceptors (Lipinski definition) is 4. The van der Waals surface area contributed by atoms with Crippen LogP contribution in [0, 0.1) is 19.8 Å². The maximum atomic E-state index is 12.8. The molecule has 1 aromatic heterocycles. The van der Waals surface area contributed by atoms with Crippen molar-refractivity contribution in [3.05, 3.63) is 59.0 Å². The Morgan fingerprint density at radius 3 is 2.14 bits per heavy atom. The monoisotopic (exact) mass is 405 g/mol. The summed E-state index contributed by atoms with van der Waals surface area (Å²) in [7, 11) is 0. The Kier molecular flexibility index (Phi) is 7.27.